The van der Waals surface area contributed by atoms with E-state index in [4.69, 9.17) is 11.6 Å². The normalized spacial score (nSPS) is 10.6. The summed E-state index contributed by atoms with van der Waals surface area (Å²) in [6.07, 6.45) is 0. The molecule has 0 bridgehead atoms. The Labute approximate surface area is 148 Å². The molecule has 0 fully saturated rings. The van der Waals surface area contributed by atoms with E-state index in [1.807, 2.05) is 30.3 Å². The van der Waals surface area contributed by atoms with Crippen LogP contribution in [0.3, 0.4) is 0 Å². The van der Waals surface area contributed by atoms with Crippen LogP contribution in [0.1, 0.15) is 16.1 Å². The van der Waals surface area contributed by atoms with Gasteiger partial charge in [-0.05, 0) is 12.1 Å². The molecular formula is C18H14ClFN2OS. The van der Waals surface area contributed by atoms with Crippen molar-refractivity contribution < 1.29 is 9.18 Å². The molecule has 0 radical (unpaired) electrons. The van der Waals surface area contributed by atoms with Gasteiger partial charge in [-0.25, -0.2) is 9.37 Å². The van der Waals surface area contributed by atoms with Gasteiger partial charge in [0.15, 0.2) is 0 Å². The summed E-state index contributed by atoms with van der Waals surface area (Å²) in [5.41, 5.74) is 1.60. The van der Waals surface area contributed by atoms with Crippen LogP contribution >= 0.6 is 22.9 Å². The lowest BCUT2D eigenvalue weighted by Crippen LogP contribution is -2.27. The summed E-state index contributed by atoms with van der Waals surface area (Å²) >= 11 is 7.42. The summed E-state index contributed by atoms with van der Waals surface area (Å²) < 4.78 is 13.9. The molecular weight excluding hydrogens is 347 g/mol. The topological polar surface area (TPSA) is 33.2 Å². The molecule has 0 aliphatic rings. The fourth-order valence-corrected chi connectivity index (χ4v) is 3.30. The third kappa shape index (κ3) is 3.47. The van der Waals surface area contributed by atoms with Crippen LogP contribution in [0.2, 0.25) is 5.02 Å². The summed E-state index contributed by atoms with van der Waals surface area (Å²) in [6, 6.07) is 14.1. The van der Waals surface area contributed by atoms with Crippen molar-refractivity contribution in [2.75, 3.05) is 7.05 Å². The largest absolute Gasteiger partial charge is 0.336 e. The summed E-state index contributed by atoms with van der Waals surface area (Å²) in [4.78, 5) is 18.3. The van der Waals surface area contributed by atoms with Crippen molar-refractivity contribution in [2.45, 2.75) is 6.54 Å². The van der Waals surface area contributed by atoms with Gasteiger partial charge in [0, 0.05) is 28.6 Å². The predicted octanol–water partition coefficient (Wildman–Crippen LogP) is 4.87. The maximum atomic E-state index is 13.9. The van der Waals surface area contributed by atoms with Gasteiger partial charge in [-0.15, -0.1) is 11.3 Å². The molecule has 0 aliphatic carbocycles. The minimum absolute atomic E-state index is 0.0859. The number of thiazole rings is 1. The number of nitrogens with zero attached hydrogens (tertiary/aromatic N) is 2. The summed E-state index contributed by atoms with van der Waals surface area (Å²) in [6.45, 7) is 0.0859. The standard InChI is InChI=1S/C18H14ClFN2OS/c1-22(10-13-14(19)8-5-9-15(13)20)18(23)16-11-24-17(21-16)12-6-3-2-4-7-12/h2-9,11H,10H2,1H3. The monoisotopic (exact) mass is 360 g/mol. The highest BCUT2D eigenvalue weighted by Crippen LogP contribution is 2.25. The molecule has 2 aromatic carbocycles. The molecule has 3 nitrogen and oxygen atoms in total. The maximum Gasteiger partial charge on any atom is 0.273 e. The van der Waals surface area contributed by atoms with E-state index in [9.17, 15) is 9.18 Å². The van der Waals surface area contributed by atoms with Crippen LogP contribution in [0.25, 0.3) is 10.6 Å². The highest BCUT2D eigenvalue weighted by Gasteiger charge is 2.18. The minimum atomic E-state index is -0.426. The zero-order valence-corrected chi connectivity index (χ0v) is 14.4. The number of carbonyl (C=O) groups is 1. The SMILES string of the molecule is CN(Cc1c(F)cccc1Cl)C(=O)c1csc(-c2ccccc2)n1. The summed E-state index contributed by atoms with van der Waals surface area (Å²) in [7, 11) is 1.60. The molecule has 24 heavy (non-hydrogen) atoms. The van der Waals surface area contributed by atoms with Crippen LogP contribution in [-0.2, 0) is 6.54 Å². The lowest BCUT2D eigenvalue weighted by Gasteiger charge is -2.17. The van der Waals surface area contributed by atoms with Crippen molar-refractivity contribution in [1.82, 2.24) is 9.88 Å². The highest BCUT2D eigenvalue weighted by atomic mass is 35.5. The van der Waals surface area contributed by atoms with Crippen LogP contribution in [0.15, 0.2) is 53.9 Å². The number of amides is 1. The molecule has 1 aromatic heterocycles. The van der Waals surface area contributed by atoms with Crippen LogP contribution in [0, 0.1) is 5.82 Å². The van der Waals surface area contributed by atoms with Crippen LogP contribution in [-0.4, -0.2) is 22.8 Å². The molecule has 1 amide bonds. The number of halogens is 2. The molecule has 0 N–H and O–H groups in total. The first-order valence-electron chi connectivity index (χ1n) is 7.25. The molecule has 3 rings (SSSR count). The minimum Gasteiger partial charge on any atom is -0.336 e. The molecule has 1 heterocycles. The van der Waals surface area contributed by atoms with E-state index in [2.05, 4.69) is 4.98 Å². The number of hydrogen-bond acceptors (Lipinski definition) is 3. The van der Waals surface area contributed by atoms with E-state index >= 15 is 0 Å². The fourth-order valence-electron chi connectivity index (χ4n) is 2.27. The Morgan fingerprint density at radius 3 is 2.67 bits per heavy atom. The molecule has 0 atom stereocenters. The number of benzene rings is 2. The van der Waals surface area contributed by atoms with Gasteiger partial charge in [0.1, 0.15) is 16.5 Å². The van der Waals surface area contributed by atoms with Gasteiger partial charge >= 0.3 is 0 Å². The van der Waals surface area contributed by atoms with Crippen molar-refractivity contribution in [3.05, 3.63) is 76.0 Å². The van der Waals surface area contributed by atoms with Crippen molar-refractivity contribution in [3.8, 4) is 10.6 Å². The zero-order valence-electron chi connectivity index (χ0n) is 12.9. The zero-order chi connectivity index (χ0) is 17.1. The number of aromatic nitrogens is 1. The second-order valence-electron chi connectivity index (χ2n) is 5.27. The first kappa shape index (κ1) is 16.6. The van der Waals surface area contributed by atoms with Crippen LogP contribution < -0.4 is 0 Å². The quantitative estimate of drug-likeness (QED) is 0.664. The molecule has 6 heteroatoms. The van der Waals surface area contributed by atoms with E-state index in [0.29, 0.717) is 16.3 Å². The smallest absolute Gasteiger partial charge is 0.273 e. The van der Waals surface area contributed by atoms with Gasteiger partial charge in [0.25, 0.3) is 5.91 Å². The molecule has 3 aromatic rings. The summed E-state index contributed by atoms with van der Waals surface area (Å²) in [5.74, 6) is -0.696. The maximum absolute atomic E-state index is 13.9. The van der Waals surface area contributed by atoms with Crippen molar-refractivity contribution in [3.63, 3.8) is 0 Å². The van der Waals surface area contributed by atoms with E-state index in [1.54, 1.807) is 18.5 Å². The van der Waals surface area contributed by atoms with Gasteiger partial charge in [0.2, 0.25) is 0 Å². The van der Waals surface area contributed by atoms with E-state index < -0.39 is 5.82 Å². The third-order valence-electron chi connectivity index (χ3n) is 3.55. The van der Waals surface area contributed by atoms with Gasteiger partial charge in [0.05, 0.1) is 6.54 Å². The Balaban J connectivity index is 1.78. The Hall–Kier alpha value is -2.24. The predicted molar refractivity (Wildman–Crippen MR) is 94.8 cm³/mol. The lowest BCUT2D eigenvalue weighted by molar-refractivity contribution is 0.0779. The molecule has 0 saturated carbocycles. The Kier molecular flexibility index (Phi) is 4.92. The van der Waals surface area contributed by atoms with Crippen molar-refractivity contribution >= 4 is 28.8 Å². The van der Waals surface area contributed by atoms with Gasteiger partial charge < -0.3 is 4.90 Å². The van der Waals surface area contributed by atoms with Gasteiger partial charge in [-0.1, -0.05) is 48.0 Å². The lowest BCUT2D eigenvalue weighted by atomic mass is 10.2. The second kappa shape index (κ2) is 7.11. The van der Waals surface area contributed by atoms with E-state index in [-0.39, 0.29) is 12.5 Å². The van der Waals surface area contributed by atoms with E-state index in [0.717, 1.165) is 10.6 Å². The third-order valence-corrected chi connectivity index (χ3v) is 4.79. The first-order chi connectivity index (χ1) is 11.6. The average molecular weight is 361 g/mol. The Morgan fingerprint density at radius 1 is 1.21 bits per heavy atom. The van der Waals surface area contributed by atoms with Crippen molar-refractivity contribution in [1.29, 1.82) is 0 Å². The number of hydrogen-bond donors (Lipinski definition) is 0. The van der Waals surface area contributed by atoms with E-state index in [1.165, 1.54) is 28.4 Å². The molecule has 0 aliphatic heterocycles. The number of carbonyl (C=O) groups excluding carboxylic acids is 1. The average Bonchev–Trinajstić information content (AvgIpc) is 3.08. The second-order valence-corrected chi connectivity index (χ2v) is 6.53. The van der Waals surface area contributed by atoms with Gasteiger partial charge in [-0.3, -0.25) is 4.79 Å². The molecule has 0 unspecified atom stereocenters. The molecule has 0 spiro atoms. The molecule has 0 saturated heterocycles. The molecule has 122 valence electrons. The summed E-state index contributed by atoms with van der Waals surface area (Å²) in [5, 5.41) is 2.79. The Bertz CT molecular complexity index is 846. The van der Waals surface area contributed by atoms with Crippen LogP contribution in [0.5, 0.6) is 0 Å². The fraction of sp³-hybridized carbons (Fsp3) is 0.111. The number of rotatable bonds is 4. The van der Waals surface area contributed by atoms with Crippen LogP contribution in [0.4, 0.5) is 4.39 Å². The van der Waals surface area contributed by atoms with Crippen molar-refractivity contribution in [2.24, 2.45) is 0 Å². The Morgan fingerprint density at radius 2 is 1.96 bits per heavy atom. The first-order valence-corrected chi connectivity index (χ1v) is 8.51. The highest BCUT2D eigenvalue weighted by molar-refractivity contribution is 7.13. The van der Waals surface area contributed by atoms with Gasteiger partial charge in [-0.2, -0.15) is 0 Å².